The van der Waals surface area contributed by atoms with E-state index in [-0.39, 0.29) is 16.7 Å². The van der Waals surface area contributed by atoms with E-state index >= 15 is 0 Å². The predicted molar refractivity (Wildman–Crippen MR) is 68.2 cm³/mol. The lowest BCUT2D eigenvalue weighted by atomic mass is 10.1. The van der Waals surface area contributed by atoms with Crippen LogP contribution in [0.25, 0.3) is 0 Å². The number of thioether (sulfide) groups is 1. The molecule has 0 aliphatic heterocycles. The molecule has 0 heterocycles. The molecule has 1 aromatic rings. The number of alkyl halides is 4. The highest BCUT2D eigenvalue weighted by molar-refractivity contribution is 9.10. The molecule has 0 saturated carbocycles. The Kier molecular flexibility index (Phi) is 5.67. The summed E-state index contributed by atoms with van der Waals surface area (Å²) >= 11 is 6.51. The van der Waals surface area contributed by atoms with Crippen LogP contribution < -0.4 is 0 Å². The molecule has 0 spiro atoms. The fraction of sp³-hybridized carbons (Fsp3) is 0.400. The number of rotatable bonds is 4. The van der Waals surface area contributed by atoms with Crippen LogP contribution in [0.15, 0.2) is 27.6 Å². The van der Waals surface area contributed by atoms with Crippen LogP contribution in [-0.2, 0) is 6.42 Å². The molecule has 0 unspecified atom stereocenters. The fourth-order valence-corrected chi connectivity index (χ4v) is 2.95. The zero-order chi connectivity index (χ0) is 12.2. The van der Waals surface area contributed by atoms with Gasteiger partial charge in [-0.25, -0.2) is 0 Å². The number of halogens is 5. The van der Waals surface area contributed by atoms with Crippen molar-refractivity contribution < 1.29 is 13.2 Å². The van der Waals surface area contributed by atoms with E-state index in [1.54, 1.807) is 12.1 Å². The first-order chi connectivity index (χ1) is 7.44. The smallest absolute Gasteiger partial charge is 0.160 e. The number of hydrogen-bond donors (Lipinski definition) is 0. The van der Waals surface area contributed by atoms with Crippen molar-refractivity contribution in [2.24, 2.45) is 0 Å². The van der Waals surface area contributed by atoms with Gasteiger partial charge in [-0.15, -0.1) is 0 Å². The van der Waals surface area contributed by atoms with E-state index in [9.17, 15) is 13.2 Å². The summed E-state index contributed by atoms with van der Waals surface area (Å²) in [6.07, 6.45) is 1.44. The zero-order valence-corrected chi connectivity index (χ0v) is 12.1. The Bertz CT molecular complexity index is 352. The molecule has 0 nitrogen and oxygen atoms in total. The highest BCUT2D eigenvalue weighted by atomic mass is 79.9. The molecule has 6 heteroatoms. The average Bonchev–Trinajstić information content (AvgIpc) is 2.14. The van der Waals surface area contributed by atoms with Crippen molar-refractivity contribution >= 4 is 43.6 Å². The molecule has 0 saturated heterocycles. The maximum Gasteiger partial charge on any atom is 0.446 e. The lowest BCUT2D eigenvalue weighted by Gasteiger charge is -2.12. The van der Waals surface area contributed by atoms with Gasteiger partial charge in [0.2, 0.25) is 0 Å². The Morgan fingerprint density at radius 3 is 2.50 bits per heavy atom. The first-order valence-electron chi connectivity index (χ1n) is 4.53. The summed E-state index contributed by atoms with van der Waals surface area (Å²) in [6, 6.07) is 4.90. The maximum atomic E-state index is 12.3. The Labute approximate surface area is 113 Å². The van der Waals surface area contributed by atoms with Gasteiger partial charge in [0.05, 0.1) is 0 Å². The predicted octanol–water partition coefficient (Wildman–Crippen LogP) is 5.39. The van der Waals surface area contributed by atoms with E-state index < -0.39 is 5.51 Å². The molecule has 90 valence electrons. The van der Waals surface area contributed by atoms with Crippen molar-refractivity contribution in [2.45, 2.75) is 23.2 Å². The third-order valence-electron chi connectivity index (χ3n) is 1.86. The van der Waals surface area contributed by atoms with Crippen molar-refractivity contribution in [1.82, 2.24) is 0 Å². The van der Waals surface area contributed by atoms with Gasteiger partial charge in [-0.2, -0.15) is 13.2 Å². The second kappa shape index (κ2) is 6.31. The maximum absolute atomic E-state index is 12.3. The molecule has 0 atom stereocenters. The standard InChI is InChI=1S/C10H9Br2F3S/c11-6-2-3-7-8(12)4-1-5-9(7)16-10(13,14)15/h1,4-5H,2-3,6H2. The van der Waals surface area contributed by atoms with Gasteiger partial charge in [0.1, 0.15) is 0 Å². The SMILES string of the molecule is FC(F)(F)Sc1cccc(Br)c1CCCBr. The van der Waals surface area contributed by atoms with Crippen LogP contribution in [0.2, 0.25) is 0 Å². The highest BCUT2D eigenvalue weighted by Gasteiger charge is 2.30. The van der Waals surface area contributed by atoms with Gasteiger partial charge in [-0.1, -0.05) is 37.9 Å². The van der Waals surface area contributed by atoms with Crippen LogP contribution in [0.5, 0.6) is 0 Å². The number of benzene rings is 1. The minimum absolute atomic E-state index is 0.0533. The minimum Gasteiger partial charge on any atom is -0.160 e. The molecule has 0 radical (unpaired) electrons. The first kappa shape index (κ1) is 14.4. The van der Waals surface area contributed by atoms with Crippen molar-refractivity contribution in [1.29, 1.82) is 0 Å². The molecule has 0 N–H and O–H groups in total. The zero-order valence-electron chi connectivity index (χ0n) is 8.15. The van der Waals surface area contributed by atoms with Gasteiger partial charge in [0, 0.05) is 14.7 Å². The molecular weight excluding hydrogens is 369 g/mol. The molecule has 0 aromatic heterocycles. The summed E-state index contributed by atoms with van der Waals surface area (Å²) in [7, 11) is 0. The summed E-state index contributed by atoms with van der Waals surface area (Å²) < 4.78 is 37.7. The molecular formula is C10H9Br2F3S. The van der Waals surface area contributed by atoms with Crippen molar-refractivity contribution in [3.05, 3.63) is 28.2 Å². The van der Waals surface area contributed by atoms with E-state index in [4.69, 9.17) is 0 Å². The van der Waals surface area contributed by atoms with E-state index in [1.165, 1.54) is 6.07 Å². The Hall–Kier alpha value is 0.320. The Morgan fingerprint density at radius 2 is 1.94 bits per heavy atom. The molecule has 0 amide bonds. The largest absolute Gasteiger partial charge is 0.446 e. The van der Waals surface area contributed by atoms with Crippen LogP contribution >= 0.6 is 43.6 Å². The molecule has 1 aromatic carbocycles. The van der Waals surface area contributed by atoms with E-state index in [0.29, 0.717) is 6.42 Å². The second-order valence-corrected chi connectivity index (χ2v) is 5.81. The van der Waals surface area contributed by atoms with Crippen LogP contribution in [0.3, 0.4) is 0 Å². The van der Waals surface area contributed by atoms with E-state index in [1.807, 2.05) is 0 Å². The van der Waals surface area contributed by atoms with E-state index in [2.05, 4.69) is 31.9 Å². The van der Waals surface area contributed by atoms with Gasteiger partial charge in [-0.3, -0.25) is 0 Å². The van der Waals surface area contributed by atoms with Gasteiger partial charge in [0.25, 0.3) is 0 Å². The summed E-state index contributed by atoms with van der Waals surface area (Å²) in [5.74, 6) is 0. The molecule has 0 aliphatic carbocycles. The molecule has 0 bridgehead atoms. The third kappa shape index (κ3) is 4.67. The van der Waals surface area contributed by atoms with E-state index in [0.717, 1.165) is 21.8 Å². The molecule has 16 heavy (non-hydrogen) atoms. The summed E-state index contributed by atoms with van der Waals surface area (Å²) in [4.78, 5) is 0.280. The van der Waals surface area contributed by atoms with Crippen LogP contribution in [0, 0.1) is 0 Å². The van der Waals surface area contributed by atoms with Crippen LogP contribution in [0.4, 0.5) is 13.2 Å². The van der Waals surface area contributed by atoms with Crippen LogP contribution in [-0.4, -0.2) is 10.8 Å². The second-order valence-electron chi connectivity index (χ2n) is 3.06. The van der Waals surface area contributed by atoms with Crippen molar-refractivity contribution in [2.75, 3.05) is 5.33 Å². The Morgan fingerprint density at radius 1 is 1.25 bits per heavy atom. The fourth-order valence-electron chi connectivity index (χ4n) is 1.25. The minimum atomic E-state index is -4.23. The van der Waals surface area contributed by atoms with Gasteiger partial charge >= 0.3 is 5.51 Å². The van der Waals surface area contributed by atoms with Crippen molar-refractivity contribution in [3.63, 3.8) is 0 Å². The molecule has 0 aliphatic rings. The number of hydrogen-bond acceptors (Lipinski definition) is 1. The van der Waals surface area contributed by atoms with Gasteiger partial charge in [-0.05, 0) is 42.3 Å². The van der Waals surface area contributed by atoms with Crippen LogP contribution in [0.1, 0.15) is 12.0 Å². The summed E-state index contributed by atoms with van der Waals surface area (Å²) in [6.45, 7) is 0. The summed E-state index contributed by atoms with van der Waals surface area (Å²) in [5, 5.41) is 0.782. The quantitative estimate of drug-likeness (QED) is 0.500. The average molecular weight is 378 g/mol. The highest BCUT2D eigenvalue weighted by Crippen LogP contribution is 2.40. The van der Waals surface area contributed by atoms with Crippen molar-refractivity contribution in [3.8, 4) is 0 Å². The lowest BCUT2D eigenvalue weighted by Crippen LogP contribution is -2.02. The first-order valence-corrected chi connectivity index (χ1v) is 7.26. The lowest BCUT2D eigenvalue weighted by molar-refractivity contribution is -0.0328. The normalized spacial score (nSPS) is 11.8. The molecule has 0 fully saturated rings. The molecule has 1 rings (SSSR count). The van der Waals surface area contributed by atoms with Gasteiger partial charge < -0.3 is 0 Å². The van der Waals surface area contributed by atoms with Gasteiger partial charge in [0.15, 0.2) is 0 Å². The Balaban J connectivity index is 2.93. The monoisotopic (exact) mass is 376 g/mol. The summed E-state index contributed by atoms with van der Waals surface area (Å²) in [5.41, 5.74) is -3.51. The third-order valence-corrected chi connectivity index (χ3v) is 4.00. The topological polar surface area (TPSA) is 0 Å².